The summed E-state index contributed by atoms with van der Waals surface area (Å²) in [5.41, 5.74) is 2.61. The largest absolute Gasteiger partial charge is 0.493 e. The Hall–Kier alpha value is -3.80. The van der Waals surface area contributed by atoms with Gasteiger partial charge in [0.25, 0.3) is 5.91 Å². The monoisotopic (exact) mass is 391 g/mol. The quantitative estimate of drug-likeness (QED) is 0.495. The van der Waals surface area contributed by atoms with Gasteiger partial charge in [0, 0.05) is 11.3 Å². The molecule has 0 aliphatic heterocycles. The Morgan fingerprint density at radius 1 is 0.759 bits per heavy atom. The van der Waals surface area contributed by atoms with Gasteiger partial charge >= 0.3 is 5.97 Å². The zero-order chi connectivity index (χ0) is 20.8. The average molecular weight is 391 g/mol. The molecule has 3 aromatic carbocycles. The first-order valence-electron chi connectivity index (χ1n) is 8.92. The van der Waals surface area contributed by atoms with E-state index in [-0.39, 0.29) is 5.91 Å². The third kappa shape index (κ3) is 4.93. The van der Waals surface area contributed by atoms with E-state index in [9.17, 15) is 9.59 Å². The first-order chi connectivity index (χ1) is 14.0. The Morgan fingerprint density at radius 2 is 1.38 bits per heavy atom. The summed E-state index contributed by atoms with van der Waals surface area (Å²) in [6.45, 7) is 1.98. The van der Waals surface area contributed by atoms with Crippen molar-refractivity contribution in [3.8, 4) is 17.2 Å². The van der Waals surface area contributed by atoms with E-state index in [1.54, 1.807) is 42.5 Å². The third-order valence-electron chi connectivity index (χ3n) is 4.26. The van der Waals surface area contributed by atoms with Gasteiger partial charge in [0.2, 0.25) is 0 Å². The summed E-state index contributed by atoms with van der Waals surface area (Å²) in [4.78, 5) is 24.7. The number of anilines is 1. The zero-order valence-corrected chi connectivity index (χ0v) is 16.4. The highest BCUT2D eigenvalue weighted by molar-refractivity contribution is 6.04. The van der Waals surface area contributed by atoms with Gasteiger partial charge in [-0.05, 0) is 61.5 Å². The number of hydrogen-bond donors (Lipinski definition) is 1. The fourth-order valence-corrected chi connectivity index (χ4v) is 2.64. The standard InChI is InChI=1S/C23H21NO5/c1-15-4-9-18(10-5-15)24-22(25)16-6-11-19(12-7-16)29-23(26)17-8-13-20(27-2)21(14-17)28-3/h4-14H,1-3H3,(H,24,25). The molecule has 0 aliphatic carbocycles. The molecule has 3 rings (SSSR count). The number of benzene rings is 3. The van der Waals surface area contributed by atoms with Crippen LogP contribution in [0.2, 0.25) is 0 Å². The van der Waals surface area contributed by atoms with Crippen LogP contribution in [0.3, 0.4) is 0 Å². The van der Waals surface area contributed by atoms with Crippen LogP contribution in [0.4, 0.5) is 5.69 Å². The Balaban J connectivity index is 1.66. The second-order valence-corrected chi connectivity index (χ2v) is 6.30. The molecule has 0 fully saturated rings. The first kappa shape index (κ1) is 19.9. The number of aryl methyl sites for hydroxylation is 1. The number of methoxy groups -OCH3 is 2. The van der Waals surface area contributed by atoms with Crippen molar-refractivity contribution in [3.63, 3.8) is 0 Å². The lowest BCUT2D eigenvalue weighted by Crippen LogP contribution is -2.12. The third-order valence-corrected chi connectivity index (χ3v) is 4.26. The molecule has 1 N–H and O–H groups in total. The number of nitrogens with one attached hydrogen (secondary N) is 1. The minimum Gasteiger partial charge on any atom is -0.493 e. The fraction of sp³-hybridized carbons (Fsp3) is 0.130. The minimum absolute atomic E-state index is 0.244. The Morgan fingerprint density at radius 3 is 2.00 bits per heavy atom. The molecule has 0 heterocycles. The minimum atomic E-state index is -0.539. The molecule has 0 aliphatic rings. The molecule has 0 atom stereocenters. The van der Waals surface area contributed by atoms with E-state index in [0.717, 1.165) is 5.56 Å². The predicted molar refractivity (Wildman–Crippen MR) is 110 cm³/mol. The average Bonchev–Trinajstić information content (AvgIpc) is 2.75. The van der Waals surface area contributed by atoms with Crippen molar-refractivity contribution < 1.29 is 23.8 Å². The van der Waals surface area contributed by atoms with Crippen molar-refractivity contribution in [2.24, 2.45) is 0 Å². The lowest BCUT2D eigenvalue weighted by atomic mass is 10.2. The van der Waals surface area contributed by atoms with E-state index >= 15 is 0 Å². The van der Waals surface area contributed by atoms with Gasteiger partial charge in [-0.3, -0.25) is 4.79 Å². The second-order valence-electron chi connectivity index (χ2n) is 6.30. The molecule has 3 aromatic rings. The Labute approximate surface area is 169 Å². The summed E-state index contributed by atoms with van der Waals surface area (Å²) in [6, 6.07) is 18.6. The van der Waals surface area contributed by atoms with Crippen LogP contribution in [-0.4, -0.2) is 26.1 Å². The number of ether oxygens (including phenoxy) is 3. The van der Waals surface area contributed by atoms with Crippen molar-refractivity contribution in [2.45, 2.75) is 6.92 Å². The number of carbonyl (C=O) groups is 2. The number of esters is 1. The summed E-state index contributed by atoms with van der Waals surface area (Å²) in [7, 11) is 3.01. The van der Waals surface area contributed by atoms with Gasteiger partial charge in [-0.2, -0.15) is 0 Å². The molecule has 6 heteroatoms. The van der Waals surface area contributed by atoms with Crippen molar-refractivity contribution in [3.05, 3.63) is 83.4 Å². The van der Waals surface area contributed by atoms with Crippen LogP contribution in [0.1, 0.15) is 26.3 Å². The van der Waals surface area contributed by atoms with E-state index in [2.05, 4.69) is 5.32 Å². The molecular weight excluding hydrogens is 370 g/mol. The van der Waals surface area contributed by atoms with Gasteiger partial charge in [0.05, 0.1) is 19.8 Å². The van der Waals surface area contributed by atoms with Crippen LogP contribution in [-0.2, 0) is 0 Å². The van der Waals surface area contributed by atoms with E-state index in [1.165, 1.54) is 14.2 Å². The number of hydrogen-bond acceptors (Lipinski definition) is 5. The van der Waals surface area contributed by atoms with Crippen LogP contribution in [0.5, 0.6) is 17.2 Å². The van der Waals surface area contributed by atoms with Crippen molar-refractivity contribution in [2.75, 3.05) is 19.5 Å². The normalized spacial score (nSPS) is 10.2. The number of rotatable bonds is 6. The summed E-state index contributed by atoms with van der Waals surface area (Å²) >= 11 is 0. The molecule has 1 amide bonds. The SMILES string of the molecule is COc1ccc(C(=O)Oc2ccc(C(=O)Nc3ccc(C)cc3)cc2)cc1OC. The zero-order valence-electron chi connectivity index (χ0n) is 16.4. The second kappa shape index (κ2) is 8.93. The van der Waals surface area contributed by atoms with Gasteiger partial charge in [0.15, 0.2) is 11.5 Å². The highest BCUT2D eigenvalue weighted by atomic mass is 16.5. The maximum absolute atomic E-state index is 12.4. The molecule has 29 heavy (non-hydrogen) atoms. The number of amides is 1. The summed E-state index contributed by atoms with van der Waals surface area (Å²) in [5, 5.41) is 2.82. The van der Waals surface area contributed by atoms with Gasteiger partial charge in [0.1, 0.15) is 5.75 Å². The summed E-state index contributed by atoms with van der Waals surface area (Å²) in [6.07, 6.45) is 0. The van der Waals surface area contributed by atoms with Crippen LogP contribution < -0.4 is 19.5 Å². The van der Waals surface area contributed by atoms with E-state index in [1.807, 2.05) is 31.2 Å². The molecule has 0 spiro atoms. The molecule has 0 radical (unpaired) electrons. The highest BCUT2D eigenvalue weighted by Gasteiger charge is 2.13. The lowest BCUT2D eigenvalue weighted by Gasteiger charge is -2.10. The van der Waals surface area contributed by atoms with Gasteiger partial charge in [-0.15, -0.1) is 0 Å². The Bertz CT molecular complexity index is 1010. The predicted octanol–water partition coefficient (Wildman–Crippen LogP) is 4.48. The molecule has 0 aromatic heterocycles. The fourth-order valence-electron chi connectivity index (χ4n) is 2.64. The maximum Gasteiger partial charge on any atom is 0.343 e. The van der Waals surface area contributed by atoms with Crippen LogP contribution in [0.15, 0.2) is 66.7 Å². The first-order valence-corrected chi connectivity index (χ1v) is 8.92. The molecule has 0 bridgehead atoms. The number of carbonyl (C=O) groups excluding carboxylic acids is 2. The molecule has 0 saturated heterocycles. The van der Waals surface area contributed by atoms with Gasteiger partial charge in [-0.1, -0.05) is 17.7 Å². The molecule has 0 saturated carbocycles. The summed E-state index contributed by atoms with van der Waals surface area (Å²) < 4.78 is 15.7. The summed E-state index contributed by atoms with van der Waals surface area (Å²) in [5.74, 6) is 0.504. The molecule has 148 valence electrons. The molecular formula is C23H21NO5. The van der Waals surface area contributed by atoms with Crippen molar-refractivity contribution in [1.82, 2.24) is 0 Å². The maximum atomic E-state index is 12.4. The van der Waals surface area contributed by atoms with Crippen LogP contribution in [0.25, 0.3) is 0 Å². The van der Waals surface area contributed by atoms with Gasteiger partial charge < -0.3 is 19.5 Å². The topological polar surface area (TPSA) is 73.9 Å². The van der Waals surface area contributed by atoms with Crippen molar-refractivity contribution in [1.29, 1.82) is 0 Å². The van der Waals surface area contributed by atoms with E-state index < -0.39 is 5.97 Å². The van der Waals surface area contributed by atoms with Crippen LogP contribution >= 0.6 is 0 Å². The molecule has 6 nitrogen and oxygen atoms in total. The van der Waals surface area contributed by atoms with Gasteiger partial charge in [-0.25, -0.2) is 4.79 Å². The molecule has 0 unspecified atom stereocenters. The highest BCUT2D eigenvalue weighted by Crippen LogP contribution is 2.28. The van der Waals surface area contributed by atoms with Crippen LogP contribution in [0, 0.1) is 6.92 Å². The van der Waals surface area contributed by atoms with E-state index in [0.29, 0.717) is 34.1 Å². The smallest absolute Gasteiger partial charge is 0.343 e. The van der Waals surface area contributed by atoms with E-state index in [4.69, 9.17) is 14.2 Å². The lowest BCUT2D eigenvalue weighted by molar-refractivity contribution is 0.0734. The Kier molecular flexibility index (Phi) is 6.14. The van der Waals surface area contributed by atoms with Crippen molar-refractivity contribution >= 4 is 17.6 Å².